The van der Waals surface area contributed by atoms with Gasteiger partial charge in [-0.25, -0.2) is 0 Å². The summed E-state index contributed by atoms with van der Waals surface area (Å²) in [6.45, 7) is 0.487. The van der Waals surface area contributed by atoms with Crippen molar-refractivity contribution < 1.29 is 13.9 Å². The molecule has 1 N–H and O–H groups in total. The van der Waals surface area contributed by atoms with E-state index >= 15 is 0 Å². The predicted octanol–water partition coefficient (Wildman–Crippen LogP) is 8.39. The lowest BCUT2D eigenvalue weighted by atomic mass is 10.2. The van der Waals surface area contributed by atoms with Gasteiger partial charge in [-0.1, -0.05) is 86.1 Å². The quantitative estimate of drug-likeness (QED) is 0.166. The molecule has 0 aliphatic rings. The van der Waals surface area contributed by atoms with Crippen LogP contribution in [0.1, 0.15) is 21.9 Å². The molecule has 4 aromatic rings. The molecule has 4 rings (SSSR count). The Kier molecular flexibility index (Phi) is 8.02. The fourth-order valence-corrected chi connectivity index (χ4v) is 4.41. The molecule has 0 aliphatic carbocycles. The first kappa shape index (κ1) is 25.2. The number of hydrogen-bond donors (Lipinski definition) is 1. The molecule has 0 atom stereocenters. The van der Waals surface area contributed by atoms with Crippen LogP contribution in [0.25, 0.3) is 0 Å². The first-order valence-electron chi connectivity index (χ1n) is 9.54. The average molecular weight is 625 g/mol. The zero-order valence-electron chi connectivity index (χ0n) is 16.9. The van der Waals surface area contributed by atoms with Crippen molar-refractivity contribution in [3.8, 4) is 5.75 Å². The first-order valence-corrected chi connectivity index (χ1v) is 12.2. The zero-order chi connectivity index (χ0) is 24.4. The molecular weight excluding hydrogens is 611 g/mol. The normalized spacial score (nSPS) is 11.0. The summed E-state index contributed by atoms with van der Waals surface area (Å²) in [4.78, 5) is 12.6. The van der Waals surface area contributed by atoms with E-state index in [0.717, 1.165) is 10.0 Å². The highest BCUT2D eigenvalue weighted by molar-refractivity contribution is 9.10. The predicted molar refractivity (Wildman–Crippen MR) is 138 cm³/mol. The minimum Gasteiger partial charge on any atom is -0.482 e. The van der Waals surface area contributed by atoms with E-state index in [1.807, 2.05) is 24.3 Å². The molecule has 0 saturated carbocycles. The molecule has 2 heterocycles. The highest BCUT2D eigenvalue weighted by Gasteiger charge is 2.21. The third-order valence-electron chi connectivity index (χ3n) is 4.56. The smallest absolute Gasteiger partial charge is 0.291 e. The summed E-state index contributed by atoms with van der Waals surface area (Å²) in [5, 5.41) is 7.12. The average Bonchev–Trinajstić information content (AvgIpc) is 3.47. The molecule has 0 saturated heterocycles. The number of ether oxygens (including phenoxy) is 1. The zero-order valence-corrected chi connectivity index (χ0v) is 22.3. The summed E-state index contributed by atoms with van der Waals surface area (Å²) in [6.07, 6.45) is 3.28. The van der Waals surface area contributed by atoms with Crippen LogP contribution in [-0.2, 0) is 13.2 Å². The van der Waals surface area contributed by atoms with Gasteiger partial charge in [-0.2, -0.15) is 5.10 Å². The summed E-state index contributed by atoms with van der Waals surface area (Å²) in [6, 6.07) is 11.0. The number of carbonyl (C=O) groups is 1. The molecule has 2 aromatic carbocycles. The van der Waals surface area contributed by atoms with Crippen LogP contribution in [0.3, 0.4) is 0 Å². The third-order valence-corrected chi connectivity index (χ3v) is 7.33. The van der Waals surface area contributed by atoms with E-state index in [2.05, 4.69) is 26.3 Å². The Hall–Kier alpha value is -1.87. The van der Waals surface area contributed by atoms with E-state index in [1.165, 1.54) is 6.07 Å². The van der Waals surface area contributed by atoms with Crippen LogP contribution >= 0.6 is 73.9 Å². The Balaban J connectivity index is 1.38. The van der Waals surface area contributed by atoms with Crippen LogP contribution in [0, 0.1) is 0 Å². The van der Waals surface area contributed by atoms with Gasteiger partial charge in [-0.3, -0.25) is 9.48 Å². The number of nitrogens with one attached hydrogen (secondary N) is 1. The summed E-state index contributed by atoms with van der Waals surface area (Å²) in [7, 11) is 0. The highest BCUT2D eigenvalue weighted by Crippen LogP contribution is 2.48. The molecule has 0 bridgehead atoms. The molecular formula is C22H13BrCl5N3O3. The number of rotatable bonds is 7. The lowest BCUT2D eigenvalue weighted by Crippen LogP contribution is -2.10. The number of aromatic nitrogens is 2. The number of furan rings is 1. The number of benzene rings is 2. The van der Waals surface area contributed by atoms with Gasteiger partial charge < -0.3 is 14.5 Å². The number of halogens is 6. The number of amides is 1. The molecule has 0 unspecified atom stereocenters. The van der Waals surface area contributed by atoms with E-state index in [0.29, 0.717) is 18.0 Å². The van der Waals surface area contributed by atoms with Crippen molar-refractivity contribution in [1.29, 1.82) is 0 Å². The maximum Gasteiger partial charge on any atom is 0.291 e. The Morgan fingerprint density at radius 1 is 0.971 bits per heavy atom. The SMILES string of the molecule is O=C(Nc1cnn(Cc2ccc(Br)cc2)c1)c1ccc(COc2c(Cl)c(Cl)c(Cl)c(Cl)c2Cl)o1. The molecule has 176 valence electrons. The fourth-order valence-electron chi connectivity index (χ4n) is 2.92. The van der Waals surface area contributed by atoms with Crippen molar-refractivity contribution in [2.45, 2.75) is 13.2 Å². The molecule has 6 nitrogen and oxygen atoms in total. The van der Waals surface area contributed by atoms with Crippen LogP contribution in [0.5, 0.6) is 5.75 Å². The second-order valence-corrected chi connectivity index (χ2v) is 9.77. The highest BCUT2D eigenvalue weighted by atomic mass is 79.9. The van der Waals surface area contributed by atoms with E-state index in [4.69, 9.17) is 67.2 Å². The van der Waals surface area contributed by atoms with Crippen molar-refractivity contribution >= 4 is 85.5 Å². The van der Waals surface area contributed by atoms with Crippen molar-refractivity contribution in [2.24, 2.45) is 0 Å². The number of hydrogen-bond acceptors (Lipinski definition) is 4. The molecule has 0 fully saturated rings. The lowest BCUT2D eigenvalue weighted by Gasteiger charge is -2.12. The Morgan fingerprint density at radius 2 is 1.62 bits per heavy atom. The monoisotopic (exact) mass is 621 g/mol. The van der Waals surface area contributed by atoms with Gasteiger partial charge in [0, 0.05) is 10.7 Å². The van der Waals surface area contributed by atoms with Crippen LogP contribution in [0.2, 0.25) is 25.1 Å². The van der Waals surface area contributed by atoms with E-state index in [-0.39, 0.29) is 43.2 Å². The van der Waals surface area contributed by atoms with Gasteiger partial charge in [0.05, 0.1) is 33.5 Å². The van der Waals surface area contributed by atoms with Crippen LogP contribution in [0.15, 0.2) is 57.7 Å². The van der Waals surface area contributed by atoms with Gasteiger partial charge in [0.1, 0.15) is 22.4 Å². The van der Waals surface area contributed by atoms with Crippen LogP contribution in [-0.4, -0.2) is 15.7 Å². The molecule has 1 amide bonds. The van der Waals surface area contributed by atoms with Gasteiger partial charge in [-0.15, -0.1) is 0 Å². The minimum atomic E-state index is -0.442. The maximum absolute atomic E-state index is 12.6. The summed E-state index contributed by atoms with van der Waals surface area (Å²) in [5.41, 5.74) is 1.60. The van der Waals surface area contributed by atoms with E-state index in [9.17, 15) is 4.79 Å². The maximum atomic E-state index is 12.6. The number of anilines is 1. The third kappa shape index (κ3) is 5.67. The summed E-state index contributed by atoms with van der Waals surface area (Å²) >= 11 is 33.8. The largest absolute Gasteiger partial charge is 0.482 e. The Morgan fingerprint density at radius 3 is 2.29 bits per heavy atom. The minimum absolute atomic E-state index is 0.0192. The Labute approximate surface area is 227 Å². The Bertz CT molecular complexity index is 1330. The molecule has 0 spiro atoms. The van der Waals surface area contributed by atoms with Crippen molar-refractivity contribution in [1.82, 2.24) is 9.78 Å². The standard InChI is InChI=1S/C22H13BrCl5N3O3/c23-12-3-1-11(2-4-12)8-31-9-13(7-29-31)30-22(32)15-6-5-14(34-15)10-33-21-19(27)17(25)16(24)18(26)20(21)28/h1-7,9H,8,10H2,(H,30,32). The molecule has 12 heteroatoms. The second kappa shape index (κ2) is 10.8. The van der Waals surface area contributed by atoms with Gasteiger partial charge in [-0.05, 0) is 29.8 Å². The van der Waals surface area contributed by atoms with Crippen molar-refractivity contribution in [3.05, 3.63) is 95.5 Å². The molecule has 0 radical (unpaired) electrons. The first-order chi connectivity index (χ1) is 16.2. The summed E-state index contributed by atoms with van der Waals surface area (Å²) in [5.74, 6) is 0.0560. The molecule has 2 aromatic heterocycles. The topological polar surface area (TPSA) is 69.3 Å². The molecule has 34 heavy (non-hydrogen) atoms. The molecule has 0 aliphatic heterocycles. The van der Waals surface area contributed by atoms with Crippen LogP contribution < -0.4 is 10.1 Å². The van der Waals surface area contributed by atoms with Crippen molar-refractivity contribution in [2.75, 3.05) is 5.32 Å². The van der Waals surface area contributed by atoms with E-state index in [1.54, 1.807) is 23.1 Å². The van der Waals surface area contributed by atoms with Gasteiger partial charge in [0.2, 0.25) is 0 Å². The van der Waals surface area contributed by atoms with Gasteiger partial charge in [0.15, 0.2) is 11.5 Å². The van der Waals surface area contributed by atoms with E-state index < -0.39 is 5.91 Å². The number of carbonyl (C=O) groups excluding carboxylic acids is 1. The second-order valence-electron chi connectivity index (χ2n) is 6.96. The fraction of sp³-hybridized carbons (Fsp3) is 0.0909. The van der Waals surface area contributed by atoms with Crippen molar-refractivity contribution in [3.63, 3.8) is 0 Å². The van der Waals surface area contributed by atoms with Gasteiger partial charge >= 0.3 is 0 Å². The number of nitrogens with zero attached hydrogens (tertiary/aromatic N) is 2. The lowest BCUT2D eigenvalue weighted by molar-refractivity contribution is 0.0992. The van der Waals surface area contributed by atoms with Gasteiger partial charge in [0.25, 0.3) is 5.91 Å². The van der Waals surface area contributed by atoms with Crippen LogP contribution in [0.4, 0.5) is 5.69 Å². The summed E-state index contributed by atoms with van der Waals surface area (Å²) < 4.78 is 13.9.